The Morgan fingerprint density at radius 1 is 1.23 bits per heavy atom. The molecule has 0 unspecified atom stereocenters. The Bertz CT molecular complexity index is 883. The molecule has 134 valence electrons. The van der Waals surface area contributed by atoms with Crippen LogP contribution in [-0.2, 0) is 16.1 Å². The van der Waals surface area contributed by atoms with Gasteiger partial charge in [-0.25, -0.2) is 0 Å². The number of halogens is 1. The molecule has 1 heterocycles. The molecule has 0 saturated heterocycles. The molecule has 6 nitrogen and oxygen atoms in total. The van der Waals surface area contributed by atoms with Gasteiger partial charge in [0.1, 0.15) is 5.75 Å². The molecule has 0 fully saturated rings. The van der Waals surface area contributed by atoms with E-state index in [1.807, 2.05) is 30.3 Å². The molecule has 1 aromatic heterocycles. The lowest BCUT2D eigenvalue weighted by atomic mass is 10.2. The van der Waals surface area contributed by atoms with E-state index in [1.54, 1.807) is 25.3 Å². The summed E-state index contributed by atoms with van der Waals surface area (Å²) in [6, 6.07) is 14.5. The third-order valence-corrected chi connectivity index (χ3v) is 4.54. The molecular formula is C18H15ClN2O4S. The summed E-state index contributed by atoms with van der Waals surface area (Å²) in [4.78, 5) is 17.0. The normalized spacial score (nSPS) is 10.5. The van der Waals surface area contributed by atoms with Crippen LogP contribution in [0.25, 0.3) is 11.4 Å². The molecule has 0 aliphatic carbocycles. The predicted octanol–water partition coefficient (Wildman–Crippen LogP) is 4.23. The molecule has 3 aromatic rings. The first-order valence-corrected chi connectivity index (χ1v) is 9.01. The number of methoxy groups -OCH3 is 1. The van der Waals surface area contributed by atoms with Crippen molar-refractivity contribution in [3.63, 3.8) is 0 Å². The number of hydrogen-bond acceptors (Lipinski definition) is 7. The molecule has 0 aliphatic rings. The lowest BCUT2D eigenvalue weighted by Crippen LogP contribution is -2.07. The van der Waals surface area contributed by atoms with Gasteiger partial charge in [-0.3, -0.25) is 4.79 Å². The molecule has 3 rings (SSSR count). The van der Waals surface area contributed by atoms with Crippen molar-refractivity contribution in [3.05, 3.63) is 59.4 Å². The van der Waals surface area contributed by atoms with Crippen molar-refractivity contribution < 1.29 is 18.8 Å². The van der Waals surface area contributed by atoms with E-state index in [2.05, 4.69) is 10.1 Å². The Morgan fingerprint density at radius 2 is 2.04 bits per heavy atom. The molecule has 26 heavy (non-hydrogen) atoms. The summed E-state index contributed by atoms with van der Waals surface area (Å²) >= 11 is 7.32. The Kier molecular flexibility index (Phi) is 6.14. The van der Waals surface area contributed by atoms with Crippen molar-refractivity contribution in [1.82, 2.24) is 10.1 Å². The molecule has 2 aromatic carbocycles. The average Bonchev–Trinajstić information content (AvgIpc) is 3.14. The number of aromatic nitrogens is 2. The van der Waals surface area contributed by atoms with Crippen LogP contribution in [0.3, 0.4) is 0 Å². The first-order chi connectivity index (χ1) is 12.6. The highest BCUT2D eigenvalue weighted by molar-refractivity contribution is 8.00. The Labute approximate surface area is 159 Å². The maximum absolute atomic E-state index is 11.9. The second-order valence-corrected chi connectivity index (χ2v) is 6.63. The number of carbonyl (C=O) groups is 1. The van der Waals surface area contributed by atoms with E-state index in [0.29, 0.717) is 10.8 Å². The molecule has 0 bridgehead atoms. The SMILES string of the molecule is COc1ccc(SCC(=O)OCc2nc(-c3cccc(Cl)c3)no2)cc1. The van der Waals surface area contributed by atoms with Crippen LogP contribution >= 0.6 is 23.4 Å². The minimum absolute atomic E-state index is 0.0738. The number of nitrogens with zero attached hydrogens (tertiary/aromatic N) is 2. The molecule has 0 amide bonds. The molecule has 0 atom stereocenters. The Balaban J connectivity index is 1.48. The maximum Gasteiger partial charge on any atom is 0.316 e. The van der Waals surface area contributed by atoms with Crippen molar-refractivity contribution in [3.8, 4) is 17.1 Å². The quantitative estimate of drug-likeness (QED) is 0.441. The van der Waals surface area contributed by atoms with Crippen molar-refractivity contribution in [2.75, 3.05) is 12.9 Å². The smallest absolute Gasteiger partial charge is 0.316 e. The molecule has 0 N–H and O–H groups in total. The van der Waals surface area contributed by atoms with Gasteiger partial charge in [-0.15, -0.1) is 11.8 Å². The first kappa shape index (κ1) is 18.3. The van der Waals surface area contributed by atoms with Gasteiger partial charge in [0.25, 0.3) is 5.89 Å². The third-order valence-electron chi connectivity index (χ3n) is 3.32. The molecule has 0 aliphatic heterocycles. The van der Waals surface area contributed by atoms with Crippen LogP contribution in [0, 0.1) is 0 Å². The predicted molar refractivity (Wildman–Crippen MR) is 98.3 cm³/mol. The summed E-state index contributed by atoms with van der Waals surface area (Å²) in [7, 11) is 1.61. The van der Waals surface area contributed by atoms with Gasteiger partial charge in [0.15, 0.2) is 6.61 Å². The molecule has 8 heteroatoms. The van der Waals surface area contributed by atoms with Crippen molar-refractivity contribution in [2.24, 2.45) is 0 Å². The van der Waals surface area contributed by atoms with E-state index in [-0.39, 0.29) is 24.2 Å². The zero-order valence-electron chi connectivity index (χ0n) is 13.8. The van der Waals surface area contributed by atoms with Crippen LogP contribution in [0.2, 0.25) is 5.02 Å². The number of benzene rings is 2. The average molecular weight is 391 g/mol. The number of rotatable bonds is 7. The Morgan fingerprint density at radius 3 is 2.77 bits per heavy atom. The van der Waals surface area contributed by atoms with Crippen LogP contribution in [0.15, 0.2) is 57.9 Å². The lowest BCUT2D eigenvalue weighted by Gasteiger charge is -2.03. The van der Waals surface area contributed by atoms with Crippen LogP contribution in [0.1, 0.15) is 5.89 Å². The van der Waals surface area contributed by atoms with Gasteiger partial charge < -0.3 is 14.0 Å². The fourth-order valence-corrected chi connectivity index (χ4v) is 2.94. The minimum atomic E-state index is -0.367. The van der Waals surface area contributed by atoms with E-state index in [4.69, 9.17) is 25.6 Å². The summed E-state index contributed by atoms with van der Waals surface area (Å²) in [5.74, 6) is 1.20. The first-order valence-electron chi connectivity index (χ1n) is 7.65. The zero-order chi connectivity index (χ0) is 18.4. The van der Waals surface area contributed by atoms with E-state index in [1.165, 1.54) is 11.8 Å². The second-order valence-electron chi connectivity index (χ2n) is 5.15. The topological polar surface area (TPSA) is 74.5 Å². The highest BCUT2D eigenvalue weighted by atomic mass is 35.5. The maximum atomic E-state index is 11.9. The van der Waals surface area contributed by atoms with E-state index in [9.17, 15) is 4.79 Å². The third kappa shape index (κ3) is 5.00. The molecular weight excluding hydrogens is 376 g/mol. The van der Waals surface area contributed by atoms with Gasteiger partial charge in [-0.1, -0.05) is 28.9 Å². The number of esters is 1. The van der Waals surface area contributed by atoms with Gasteiger partial charge in [0.2, 0.25) is 5.82 Å². The van der Waals surface area contributed by atoms with E-state index >= 15 is 0 Å². The van der Waals surface area contributed by atoms with Crippen LogP contribution < -0.4 is 4.74 Å². The highest BCUT2D eigenvalue weighted by Gasteiger charge is 2.12. The molecule has 0 radical (unpaired) electrons. The summed E-state index contributed by atoms with van der Waals surface area (Å²) in [6.07, 6.45) is 0. The zero-order valence-corrected chi connectivity index (χ0v) is 15.4. The largest absolute Gasteiger partial charge is 0.497 e. The number of ether oxygens (including phenoxy) is 2. The van der Waals surface area contributed by atoms with Gasteiger partial charge in [0, 0.05) is 15.5 Å². The number of thioether (sulfide) groups is 1. The van der Waals surface area contributed by atoms with Crippen molar-refractivity contribution in [2.45, 2.75) is 11.5 Å². The summed E-state index contributed by atoms with van der Waals surface area (Å²) in [5.41, 5.74) is 0.730. The summed E-state index contributed by atoms with van der Waals surface area (Å²) in [6.45, 7) is -0.0738. The fourth-order valence-electron chi connectivity index (χ4n) is 2.06. The van der Waals surface area contributed by atoms with Crippen LogP contribution in [0.4, 0.5) is 0 Å². The summed E-state index contributed by atoms with van der Waals surface area (Å²) in [5, 5.41) is 4.44. The summed E-state index contributed by atoms with van der Waals surface area (Å²) < 4.78 is 15.3. The lowest BCUT2D eigenvalue weighted by molar-refractivity contribution is -0.142. The molecule has 0 spiro atoms. The van der Waals surface area contributed by atoms with Gasteiger partial charge in [-0.2, -0.15) is 4.98 Å². The van der Waals surface area contributed by atoms with Crippen molar-refractivity contribution in [1.29, 1.82) is 0 Å². The van der Waals surface area contributed by atoms with Gasteiger partial charge in [0.05, 0.1) is 12.9 Å². The van der Waals surface area contributed by atoms with Gasteiger partial charge >= 0.3 is 5.97 Å². The van der Waals surface area contributed by atoms with Crippen LogP contribution in [-0.4, -0.2) is 29.0 Å². The highest BCUT2D eigenvalue weighted by Crippen LogP contribution is 2.22. The monoisotopic (exact) mass is 390 g/mol. The van der Waals surface area contributed by atoms with Crippen molar-refractivity contribution >= 4 is 29.3 Å². The number of hydrogen-bond donors (Lipinski definition) is 0. The number of carbonyl (C=O) groups excluding carboxylic acids is 1. The van der Waals surface area contributed by atoms with Gasteiger partial charge in [-0.05, 0) is 36.4 Å². The second kappa shape index (κ2) is 8.73. The standard InChI is InChI=1S/C18H15ClN2O4S/c1-23-14-5-7-15(8-6-14)26-11-17(22)24-10-16-20-18(21-25-16)12-3-2-4-13(19)9-12/h2-9H,10-11H2,1H3. The molecule has 0 saturated carbocycles. The fraction of sp³-hybridized carbons (Fsp3) is 0.167. The van der Waals surface area contributed by atoms with Crippen LogP contribution in [0.5, 0.6) is 5.75 Å². The van der Waals surface area contributed by atoms with E-state index < -0.39 is 0 Å². The Hall–Kier alpha value is -2.51. The minimum Gasteiger partial charge on any atom is -0.497 e. The van der Waals surface area contributed by atoms with E-state index in [0.717, 1.165) is 16.2 Å².